The van der Waals surface area contributed by atoms with Crippen LogP contribution < -0.4 is 10.2 Å². The molecule has 0 saturated carbocycles. The summed E-state index contributed by atoms with van der Waals surface area (Å²) in [5.41, 5.74) is 2.71. The van der Waals surface area contributed by atoms with Gasteiger partial charge in [-0.25, -0.2) is 0 Å². The lowest BCUT2D eigenvalue weighted by Gasteiger charge is -2.24. The van der Waals surface area contributed by atoms with Gasteiger partial charge in [0.25, 0.3) is 5.69 Å². The molecule has 0 aliphatic carbocycles. The van der Waals surface area contributed by atoms with Crippen LogP contribution in [-0.4, -0.2) is 23.4 Å². The summed E-state index contributed by atoms with van der Waals surface area (Å²) in [4.78, 5) is 24.6. The number of nitro benzene ring substituents is 1. The second-order valence-corrected chi connectivity index (χ2v) is 5.67. The van der Waals surface area contributed by atoms with Gasteiger partial charge in [0.2, 0.25) is 5.91 Å². The van der Waals surface area contributed by atoms with Crippen molar-refractivity contribution in [2.24, 2.45) is 0 Å². The molecule has 6 heteroatoms. The average Bonchev–Trinajstić information content (AvgIpc) is 2.83. The molecule has 23 heavy (non-hydrogen) atoms. The molecule has 118 valence electrons. The maximum absolute atomic E-state index is 12.3. The van der Waals surface area contributed by atoms with Gasteiger partial charge < -0.3 is 10.2 Å². The smallest absolute Gasteiger partial charge is 0.271 e. The molecule has 1 amide bonds. The van der Waals surface area contributed by atoms with Gasteiger partial charge in [-0.3, -0.25) is 14.9 Å². The third-order valence-electron chi connectivity index (χ3n) is 4.00. The largest absolute Gasteiger partial charge is 0.359 e. The number of rotatable bonds is 4. The Morgan fingerprint density at radius 1 is 1.30 bits per heavy atom. The summed E-state index contributed by atoms with van der Waals surface area (Å²) in [7, 11) is 0. The maximum Gasteiger partial charge on any atom is 0.271 e. The molecule has 0 saturated heterocycles. The van der Waals surface area contributed by atoms with Gasteiger partial charge in [-0.1, -0.05) is 24.3 Å². The van der Waals surface area contributed by atoms with Gasteiger partial charge in [0, 0.05) is 29.5 Å². The van der Waals surface area contributed by atoms with E-state index in [0.29, 0.717) is 5.69 Å². The zero-order valence-electron chi connectivity index (χ0n) is 12.7. The summed E-state index contributed by atoms with van der Waals surface area (Å²) in [6.45, 7) is 2.31. The predicted molar refractivity (Wildman–Crippen MR) is 88.7 cm³/mol. The molecule has 1 heterocycles. The minimum Gasteiger partial charge on any atom is -0.359 e. The number of carbonyl (C=O) groups excluding carboxylic acids is 1. The van der Waals surface area contributed by atoms with Crippen LogP contribution in [0, 0.1) is 10.1 Å². The predicted octanol–water partition coefficient (Wildman–Crippen LogP) is 2.98. The SMILES string of the molecule is C[C@@H]1Cc2ccccc2N1CC(=O)Nc1cccc([N+](=O)[O-])c1. The molecule has 6 nitrogen and oxygen atoms in total. The highest BCUT2D eigenvalue weighted by Crippen LogP contribution is 2.31. The summed E-state index contributed by atoms with van der Waals surface area (Å²) in [6.07, 6.45) is 0.917. The van der Waals surface area contributed by atoms with E-state index in [1.54, 1.807) is 12.1 Å². The highest BCUT2D eigenvalue weighted by atomic mass is 16.6. The highest BCUT2D eigenvalue weighted by molar-refractivity contribution is 5.94. The number of carbonyl (C=O) groups is 1. The second kappa shape index (κ2) is 6.08. The molecule has 0 unspecified atom stereocenters. The van der Waals surface area contributed by atoms with Crippen molar-refractivity contribution >= 4 is 23.0 Å². The van der Waals surface area contributed by atoms with E-state index in [0.717, 1.165) is 12.1 Å². The van der Waals surface area contributed by atoms with Crippen molar-refractivity contribution in [3.63, 3.8) is 0 Å². The zero-order chi connectivity index (χ0) is 16.4. The van der Waals surface area contributed by atoms with E-state index in [9.17, 15) is 14.9 Å². The molecule has 1 aliphatic rings. The zero-order valence-corrected chi connectivity index (χ0v) is 12.7. The van der Waals surface area contributed by atoms with Crippen molar-refractivity contribution in [1.29, 1.82) is 0 Å². The van der Waals surface area contributed by atoms with Gasteiger partial charge in [-0.2, -0.15) is 0 Å². The lowest BCUT2D eigenvalue weighted by Crippen LogP contribution is -2.37. The van der Waals surface area contributed by atoms with Crippen molar-refractivity contribution < 1.29 is 9.72 Å². The van der Waals surface area contributed by atoms with E-state index < -0.39 is 4.92 Å². The molecular formula is C17H17N3O3. The van der Waals surface area contributed by atoms with Gasteiger partial charge in [0.05, 0.1) is 11.5 Å². The number of hydrogen-bond acceptors (Lipinski definition) is 4. The van der Waals surface area contributed by atoms with Crippen molar-refractivity contribution in [3.8, 4) is 0 Å². The summed E-state index contributed by atoms with van der Waals surface area (Å²) >= 11 is 0. The monoisotopic (exact) mass is 311 g/mol. The van der Waals surface area contributed by atoms with Crippen LogP contribution in [0.4, 0.5) is 17.1 Å². The van der Waals surface area contributed by atoms with Crippen molar-refractivity contribution in [2.75, 3.05) is 16.8 Å². The quantitative estimate of drug-likeness (QED) is 0.695. The van der Waals surface area contributed by atoms with Crippen LogP contribution in [0.2, 0.25) is 0 Å². The first-order valence-corrected chi connectivity index (χ1v) is 7.43. The topological polar surface area (TPSA) is 75.5 Å². The first-order valence-electron chi connectivity index (χ1n) is 7.43. The number of non-ortho nitro benzene ring substituents is 1. The third-order valence-corrected chi connectivity index (χ3v) is 4.00. The molecule has 1 N–H and O–H groups in total. The molecular weight excluding hydrogens is 294 g/mol. The normalized spacial score (nSPS) is 16.0. The molecule has 1 aliphatic heterocycles. The number of para-hydroxylation sites is 1. The fraction of sp³-hybridized carbons (Fsp3) is 0.235. The van der Waals surface area contributed by atoms with Crippen LogP contribution in [0.25, 0.3) is 0 Å². The number of fused-ring (bicyclic) bond motifs is 1. The summed E-state index contributed by atoms with van der Waals surface area (Å²) in [6, 6.07) is 14.3. The number of nitro groups is 1. The van der Waals surface area contributed by atoms with Gasteiger partial charge in [-0.15, -0.1) is 0 Å². The standard InChI is InChI=1S/C17H17N3O3/c1-12-9-13-5-2-3-8-16(13)19(12)11-17(21)18-14-6-4-7-15(10-14)20(22)23/h2-8,10,12H,9,11H2,1H3,(H,18,21)/t12-/m1/s1. The first-order chi connectivity index (χ1) is 11.0. The Bertz CT molecular complexity index is 760. The fourth-order valence-corrected chi connectivity index (χ4v) is 2.92. The van der Waals surface area contributed by atoms with Crippen molar-refractivity contribution in [1.82, 2.24) is 0 Å². The van der Waals surface area contributed by atoms with Crippen LogP contribution in [-0.2, 0) is 11.2 Å². The van der Waals surface area contributed by atoms with Crippen LogP contribution in [0.5, 0.6) is 0 Å². The number of benzene rings is 2. The second-order valence-electron chi connectivity index (χ2n) is 5.67. The summed E-state index contributed by atoms with van der Waals surface area (Å²) in [5.74, 6) is -0.186. The van der Waals surface area contributed by atoms with E-state index in [2.05, 4.69) is 23.2 Å². The molecule has 0 bridgehead atoms. The number of hydrogen-bond donors (Lipinski definition) is 1. The first kappa shape index (κ1) is 15.0. The molecule has 3 rings (SSSR count). The maximum atomic E-state index is 12.3. The number of anilines is 2. The average molecular weight is 311 g/mol. The number of nitrogens with zero attached hydrogens (tertiary/aromatic N) is 2. The van der Waals surface area contributed by atoms with Crippen LogP contribution in [0.1, 0.15) is 12.5 Å². The van der Waals surface area contributed by atoms with Crippen LogP contribution in [0.3, 0.4) is 0 Å². The molecule has 0 fully saturated rings. The lowest BCUT2D eigenvalue weighted by molar-refractivity contribution is -0.384. The summed E-state index contributed by atoms with van der Waals surface area (Å²) < 4.78 is 0. The van der Waals surface area contributed by atoms with E-state index in [-0.39, 0.29) is 24.2 Å². The Balaban J connectivity index is 1.71. The van der Waals surface area contributed by atoms with Crippen molar-refractivity contribution in [3.05, 3.63) is 64.2 Å². The minimum absolute atomic E-state index is 0.0392. The molecule has 0 aromatic heterocycles. The van der Waals surface area contributed by atoms with Gasteiger partial charge in [0.15, 0.2) is 0 Å². The van der Waals surface area contributed by atoms with E-state index >= 15 is 0 Å². The number of amides is 1. The Morgan fingerprint density at radius 3 is 2.87 bits per heavy atom. The van der Waals surface area contributed by atoms with Gasteiger partial charge in [-0.05, 0) is 31.0 Å². The van der Waals surface area contributed by atoms with Gasteiger partial charge in [0.1, 0.15) is 0 Å². The molecule has 2 aromatic rings. The Hall–Kier alpha value is -2.89. The Kier molecular flexibility index (Phi) is 3.97. The molecule has 0 radical (unpaired) electrons. The fourth-order valence-electron chi connectivity index (χ4n) is 2.92. The Morgan fingerprint density at radius 2 is 2.09 bits per heavy atom. The van der Waals surface area contributed by atoms with E-state index in [1.165, 1.54) is 17.7 Å². The molecule has 0 spiro atoms. The summed E-state index contributed by atoms with van der Waals surface area (Å²) in [5, 5.41) is 13.5. The van der Waals surface area contributed by atoms with Crippen molar-refractivity contribution in [2.45, 2.75) is 19.4 Å². The van der Waals surface area contributed by atoms with Crippen LogP contribution in [0.15, 0.2) is 48.5 Å². The van der Waals surface area contributed by atoms with E-state index in [1.807, 2.05) is 18.2 Å². The molecule has 2 aromatic carbocycles. The number of nitrogens with one attached hydrogen (secondary N) is 1. The van der Waals surface area contributed by atoms with Crippen LogP contribution >= 0.6 is 0 Å². The Labute approximate surface area is 133 Å². The third kappa shape index (κ3) is 3.15. The van der Waals surface area contributed by atoms with E-state index in [4.69, 9.17) is 0 Å². The highest BCUT2D eigenvalue weighted by Gasteiger charge is 2.27. The lowest BCUT2D eigenvalue weighted by atomic mass is 10.1. The van der Waals surface area contributed by atoms with Gasteiger partial charge >= 0.3 is 0 Å². The minimum atomic E-state index is -0.478. The molecule has 1 atom stereocenters.